The number of rotatable bonds is 2. The second-order valence-corrected chi connectivity index (χ2v) is 8.62. The summed E-state index contributed by atoms with van der Waals surface area (Å²) < 4.78 is 26.6. The fraction of sp³-hybridized carbons (Fsp3) is 0.455. The summed E-state index contributed by atoms with van der Waals surface area (Å²) in [6, 6.07) is 2.80. The highest BCUT2D eigenvalue weighted by Crippen LogP contribution is 2.34. The Morgan fingerprint density at radius 1 is 1.42 bits per heavy atom. The Labute approximate surface area is 127 Å². The lowest BCUT2D eigenvalue weighted by Crippen LogP contribution is -2.41. The molecule has 2 N–H and O–H groups in total. The normalized spacial score (nSPS) is 21.5. The van der Waals surface area contributed by atoms with Crippen LogP contribution in [0.4, 0.5) is 5.69 Å². The molecule has 0 spiro atoms. The lowest BCUT2D eigenvalue weighted by atomic mass is 10.3. The van der Waals surface area contributed by atoms with Crippen molar-refractivity contribution in [2.24, 2.45) is 0 Å². The van der Waals surface area contributed by atoms with Crippen molar-refractivity contribution >= 4 is 50.7 Å². The standard InChI is InChI=1S/C11H14Cl2N2O2S2/c1-7-6-15(2-3-18-7)19(16,17)11-9(13)4-8(12)5-10(11)14/h4-5,7H,2-3,6,14H2,1H3. The Morgan fingerprint density at radius 2 is 2.11 bits per heavy atom. The van der Waals surface area contributed by atoms with Crippen LogP contribution in [0.2, 0.25) is 10.0 Å². The third-order valence-corrected chi connectivity index (χ3v) is 6.59. The summed E-state index contributed by atoms with van der Waals surface area (Å²) in [5.41, 5.74) is 5.86. The van der Waals surface area contributed by atoms with Gasteiger partial charge >= 0.3 is 0 Å². The number of thioether (sulfide) groups is 1. The van der Waals surface area contributed by atoms with Crippen LogP contribution in [0, 0.1) is 0 Å². The molecule has 19 heavy (non-hydrogen) atoms. The summed E-state index contributed by atoms with van der Waals surface area (Å²) in [7, 11) is -3.67. The highest BCUT2D eigenvalue weighted by atomic mass is 35.5. The predicted octanol–water partition coefficient (Wildman–Crippen LogP) is 2.70. The van der Waals surface area contributed by atoms with Gasteiger partial charge in [-0.1, -0.05) is 30.1 Å². The monoisotopic (exact) mass is 340 g/mol. The molecule has 1 aliphatic heterocycles. The van der Waals surface area contributed by atoms with E-state index in [0.717, 1.165) is 5.75 Å². The van der Waals surface area contributed by atoms with Crippen LogP contribution in [0.25, 0.3) is 0 Å². The highest BCUT2D eigenvalue weighted by molar-refractivity contribution is 8.00. The van der Waals surface area contributed by atoms with E-state index in [9.17, 15) is 8.42 Å². The van der Waals surface area contributed by atoms with Crippen molar-refractivity contribution in [2.45, 2.75) is 17.1 Å². The molecule has 1 aromatic carbocycles. The van der Waals surface area contributed by atoms with E-state index in [4.69, 9.17) is 28.9 Å². The Balaban J connectivity index is 2.45. The Kier molecular flexibility index (Phi) is 4.57. The first-order valence-electron chi connectivity index (χ1n) is 5.68. The maximum Gasteiger partial charge on any atom is 0.246 e. The molecule has 1 atom stereocenters. The molecule has 0 aromatic heterocycles. The minimum Gasteiger partial charge on any atom is -0.398 e. The zero-order chi connectivity index (χ0) is 14.2. The summed E-state index contributed by atoms with van der Waals surface area (Å²) in [6.45, 7) is 2.93. The van der Waals surface area contributed by atoms with Crippen LogP contribution in [0.3, 0.4) is 0 Å². The maximum absolute atomic E-state index is 12.6. The second-order valence-electron chi connectivity index (χ2n) is 4.35. The number of nitrogens with two attached hydrogens (primary N) is 1. The minimum absolute atomic E-state index is 0.0438. The molecule has 1 unspecified atom stereocenters. The van der Waals surface area contributed by atoms with Crippen molar-refractivity contribution in [3.63, 3.8) is 0 Å². The molecular formula is C11H14Cl2N2O2S2. The van der Waals surface area contributed by atoms with Crippen molar-refractivity contribution in [1.82, 2.24) is 4.31 Å². The van der Waals surface area contributed by atoms with Crippen molar-refractivity contribution in [1.29, 1.82) is 0 Å². The number of sulfonamides is 1. The van der Waals surface area contributed by atoms with E-state index in [2.05, 4.69) is 0 Å². The van der Waals surface area contributed by atoms with Crippen LogP contribution in [0.5, 0.6) is 0 Å². The van der Waals surface area contributed by atoms with E-state index in [1.165, 1.54) is 16.4 Å². The Hall–Kier alpha value is -0.140. The van der Waals surface area contributed by atoms with E-state index >= 15 is 0 Å². The molecule has 1 saturated heterocycles. The molecule has 0 saturated carbocycles. The van der Waals surface area contributed by atoms with Crippen LogP contribution in [0.15, 0.2) is 17.0 Å². The predicted molar refractivity (Wildman–Crippen MR) is 81.6 cm³/mol. The second kappa shape index (κ2) is 5.69. The number of anilines is 1. The SMILES string of the molecule is CC1CN(S(=O)(=O)c2c(N)cc(Cl)cc2Cl)CCS1. The first-order chi connectivity index (χ1) is 8.82. The van der Waals surface area contributed by atoms with Gasteiger partial charge in [-0.05, 0) is 12.1 Å². The largest absolute Gasteiger partial charge is 0.398 e. The zero-order valence-electron chi connectivity index (χ0n) is 10.3. The number of halogens is 2. The number of hydrogen-bond donors (Lipinski definition) is 1. The van der Waals surface area contributed by atoms with Gasteiger partial charge in [-0.2, -0.15) is 16.1 Å². The van der Waals surface area contributed by atoms with Gasteiger partial charge in [0.1, 0.15) is 4.90 Å². The average Bonchev–Trinajstić information content (AvgIpc) is 2.26. The average molecular weight is 341 g/mol. The van der Waals surface area contributed by atoms with Crippen molar-refractivity contribution in [3.8, 4) is 0 Å². The molecule has 1 aliphatic rings. The van der Waals surface area contributed by atoms with Crippen LogP contribution in [-0.2, 0) is 10.0 Å². The topological polar surface area (TPSA) is 63.4 Å². The van der Waals surface area contributed by atoms with E-state index in [1.54, 1.807) is 11.8 Å². The summed E-state index contributed by atoms with van der Waals surface area (Å²) in [6.07, 6.45) is 0. The minimum atomic E-state index is -3.67. The molecular weight excluding hydrogens is 327 g/mol. The van der Waals surface area contributed by atoms with Crippen LogP contribution < -0.4 is 5.73 Å². The third kappa shape index (κ3) is 3.13. The summed E-state index contributed by atoms with van der Waals surface area (Å²) >= 11 is 13.6. The number of benzene rings is 1. The first-order valence-corrected chi connectivity index (χ1v) is 8.93. The van der Waals surface area contributed by atoms with Crippen LogP contribution >= 0.6 is 35.0 Å². The summed E-state index contributed by atoms with van der Waals surface area (Å²) in [4.78, 5) is -0.0438. The summed E-state index contributed by atoms with van der Waals surface area (Å²) in [5, 5.41) is 0.649. The molecule has 1 fully saturated rings. The van der Waals surface area contributed by atoms with Gasteiger partial charge in [-0.25, -0.2) is 8.42 Å². The molecule has 106 valence electrons. The van der Waals surface area contributed by atoms with E-state index < -0.39 is 10.0 Å². The van der Waals surface area contributed by atoms with Gasteiger partial charge in [0.2, 0.25) is 10.0 Å². The number of nitrogen functional groups attached to an aromatic ring is 1. The van der Waals surface area contributed by atoms with Gasteiger partial charge < -0.3 is 5.73 Å². The molecule has 1 aromatic rings. The zero-order valence-corrected chi connectivity index (χ0v) is 13.4. The molecule has 4 nitrogen and oxygen atoms in total. The van der Waals surface area contributed by atoms with E-state index in [1.807, 2.05) is 6.92 Å². The Morgan fingerprint density at radius 3 is 2.68 bits per heavy atom. The summed E-state index contributed by atoms with van der Waals surface area (Å²) in [5.74, 6) is 0.769. The third-order valence-electron chi connectivity index (χ3n) is 2.84. The first kappa shape index (κ1) is 15.3. The number of nitrogens with zero attached hydrogens (tertiary/aromatic N) is 1. The van der Waals surface area contributed by atoms with Crippen LogP contribution in [0.1, 0.15) is 6.92 Å². The van der Waals surface area contributed by atoms with E-state index in [0.29, 0.717) is 18.1 Å². The number of hydrogen-bond acceptors (Lipinski definition) is 4. The lowest BCUT2D eigenvalue weighted by molar-refractivity contribution is 0.424. The smallest absolute Gasteiger partial charge is 0.246 e. The molecule has 2 rings (SSSR count). The lowest BCUT2D eigenvalue weighted by Gasteiger charge is -2.30. The van der Waals surface area contributed by atoms with Gasteiger partial charge in [0, 0.05) is 29.1 Å². The molecule has 8 heteroatoms. The molecule has 1 heterocycles. The molecule has 0 amide bonds. The van der Waals surface area contributed by atoms with Gasteiger partial charge in [-0.15, -0.1) is 0 Å². The van der Waals surface area contributed by atoms with Gasteiger partial charge in [0.25, 0.3) is 0 Å². The fourth-order valence-electron chi connectivity index (χ4n) is 1.99. The Bertz CT molecular complexity index is 569. The fourth-order valence-corrected chi connectivity index (χ4v) is 5.68. The molecule has 0 aliphatic carbocycles. The van der Waals surface area contributed by atoms with E-state index in [-0.39, 0.29) is 20.9 Å². The van der Waals surface area contributed by atoms with Crippen LogP contribution in [-0.4, -0.2) is 36.8 Å². The maximum atomic E-state index is 12.6. The van der Waals surface area contributed by atoms with Gasteiger partial charge in [-0.3, -0.25) is 0 Å². The highest BCUT2D eigenvalue weighted by Gasteiger charge is 2.32. The molecule has 0 radical (unpaired) electrons. The van der Waals surface area contributed by atoms with Gasteiger partial charge in [0.05, 0.1) is 10.7 Å². The van der Waals surface area contributed by atoms with Crippen molar-refractivity contribution in [3.05, 3.63) is 22.2 Å². The quantitative estimate of drug-likeness (QED) is 0.840. The van der Waals surface area contributed by atoms with Crippen molar-refractivity contribution < 1.29 is 8.42 Å². The van der Waals surface area contributed by atoms with Crippen molar-refractivity contribution in [2.75, 3.05) is 24.6 Å². The molecule has 0 bridgehead atoms. The van der Waals surface area contributed by atoms with Gasteiger partial charge in [0.15, 0.2) is 0 Å².